The summed E-state index contributed by atoms with van der Waals surface area (Å²) in [5.74, 6) is 1.22. The molecule has 3 rings (SSSR count). The zero-order valence-electron chi connectivity index (χ0n) is 13.3. The Morgan fingerprint density at radius 2 is 2.05 bits per heavy atom. The van der Waals surface area contributed by atoms with Crippen LogP contribution >= 0.6 is 0 Å². The van der Waals surface area contributed by atoms with E-state index >= 15 is 0 Å². The molecule has 2 fully saturated rings. The second-order valence-electron chi connectivity index (χ2n) is 6.33. The fourth-order valence-corrected chi connectivity index (χ4v) is 3.45. The van der Waals surface area contributed by atoms with Gasteiger partial charge in [-0.25, -0.2) is 4.98 Å². The van der Waals surface area contributed by atoms with Crippen LogP contribution in [0.3, 0.4) is 0 Å². The van der Waals surface area contributed by atoms with Gasteiger partial charge in [0.05, 0.1) is 6.54 Å². The number of likely N-dealkylation sites (tertiary alicyclic amines) is 1. The smallest absolute Gasteiger partial charge is 0.223 e. The zero-order chi connectivity index (χ0) is 15.4. The average Bonchev–Trinajstić information content (AvgIpc) is 2.99. The Kier molecular flexibility index (Phi) is 5.10. The van der Waals surface area contributed by atoms with E-state index in [2.05, 4.69) is 15.2 Å². The van der Waals surface area contributed by atoms with E-state index in [1.807, 2.05) is 17.8 Å². The van der Waals surface area contributed by atoms with Gasteiger partial charge >= 0.3 is 0 Å². The second kappa shape index (κ2) is 7.24. The quantitative estimate of drug-likeness (QED) is 0.899. The average molecular weight is 306 g/mol. The van der Waals surface area contributed by atoms with Crippen molar-refractivity contribution in [2.24, 2.45) is 13.0 Å². The Balaban J connectivity index is 1.42. The van der Waals surface area contributed by atoms with E-state index < -0.39 is 0 Å². The molecule has 0 aliphatic carbocycles. The number of aromatic nitrogens is 2. The number of piperidine rings is 1. The summed E-state index contributed by atoms with van der Waals surface area (Å²) < 4.78 is 7.37. The molecule has 1 aromatic heterocycles. The fraction of sp³-hybridized carbons (Fsp3) is 0.750. The molecule has 0 radical (unpaired) electrons. The number of rotatable bonds is 4. The number of imidazole rings is 1. The largest absolute Gasteiger partial charge is 0.381 e. The van der Waals surface area contributed by atoms with Crippen LogP contribution in [0.25, 0.3) is 0 Å². The first kappa shape index (κ1) is 15.5. The molecule has 6 heteroatoms. The number of nitrogens with one attached hydrogen (secondary N) is 1. The molecular formula is C16H26N4O2. The van der Waals surface area contributed by atoms with Crippen molar-refractivity contribution in [2.45, 2.75) is 38.3 Å². The van der Waals surface area contributed by atoms with Crippen LogP contribution in [-0.4, -0.2) is 52.7 Å². The van der Waals surface area contributed by atoms with E-state index in [4.69, 9.17) is 4.74 Å². The van der Waals surface area contributed by atoms with E-state index in [9.17, 15) is 4.79 Å². The highest BCUT2D eigenvalue weighted by molar-refractivity contribution is 5.78. The van der Waals surface area contributed by atoms with Crippen molar-refractivity contribution in [3.05, 3.63) is 18.2 Å². The summed E-state index contributed by atoms with van der Waals surface area (Å²) in [5.41, 5.74) is 0. The maximum Gasteiger partial charge on any atom is 0.223 e. The molecule has 122 valence electrons. The minimum Gasteiger partial charge on any atom is -0.381 e. The van der Waals surface area contributed by atoms with Crippen LogP contribution in [0.15, 0.2) is 12.4 Å². The molecule has 2 saturated heterocycles. The van der Waals surface area contributed by atoms with E-state index in [1.165, 1.54) is 0 Å². The van der Waals surface area contributed by atoms with Crippen molar-refractivity contribution in [3.63, 3.8) is 0 Å². The van der Waals surface area contributed by atoms with E-state index in [0.29, 0.717) is 12.6 Å². The molecule has 2 aliphatic rings. The minimum absolute atomic E-state index is 0.149. The zero-order valence-corrected chi connectivity index (χ0v) is 13.3. The standard InChI is InChI=1S/C16H26N4O2/c1-19-9-6-17-15(19)12-18-16(21)13-2-7-20(8-3-13)14-4-10-22-11-5-14/h6,9,13-14H,2-5,7-8,10-12H2,1H3,(H,18,21). The maximum atomic E-state index is 12.3. The van der Waals surface area contributed by atoms with Crippen molar-refractivity contribution in [1.82, 2.24) is 19.8 Å². The predicted octanol–water partition coefficient (Wildman–Crippen LogP) is 0.927. The Morgan fingerprint density at radius 3 is 2.68 bits per heavy atom. The van der Waals surface area contributed by atoms with Gasteiger partial charge in [-0.05, 0) is 38.8 Å². The van der Waals surface area contributed by atoms with Gasteiger partial charge in [0, 0.05) is 44.6 Å². The highest BCUT2D eigenvalue weighted by Crippen LogP contribution is 2.23. The second-order valence-corrected chi connectivity index (χ2v) is 6.33. The van der Waals surface area contributed by atoms with Gasteiger partial charge in [-0.15, -0.1) is 0 Å². The first-order valence-electron chi connectivity index (χ1n) is 8.30. The molecule has 0 atom stereocenters. The Labute approximate surface area is 131 Å². The number of hydrogen-bond acceptors (Lipinski definition) is 4. The lowest BCUT2D eigenvalue weighted by Gasteiger charge is -2.38. The molecule has 1 N–H and O–H groups in total. The van der Waals surface area contributed by atoms with E-state index in [0.717, 1.165) is 57.8 Å². The number of amides is 1. The fourth-order valence-electron chi connectivity index (χ4n) is 3.45. The lowest BCUT2D eigenvalue weighted by atomic mass is 9.93. The van der Waals surface area contributed by atoms with Crippen molar-refractivity contribution >= 4 is 5.91 Å². The van der Waals surface area contributed by atoms with Crippen LogP contribution in [-0.2, 0) is 23.1 Å². The molecule has 0 bridgehead atoms. The van der Waals surface area contributed by atoms with Gasteiger partial charge < -0.3 is 19.5 Å². The lowest BCUT2D eigenvalue weighted by Crippen LogP contribution is -2.46. The van der Waals surface area contributed by atoms with Gasteiger partial charge in [-0.1, -0.05) is 0 Å². The highest BCUT2D eigenvalue weighted by atomic mass is 16.5. The molecule has 22 heavy (non-hydrogen) atoms. The predicted molar refractivity (Wildman–Crippen MR) is 83.2 cm³/mol. The summed E-state index contributed by atoms with van der Waals surface area (Å²) in [5, 5.41) is 3.03. The van der Waals surface area contributed by atoms with E-state index in [-0.39, 0.29) is 11.8 Å². The number of carbonyl (C=O) groups is 1. The number of aryl methyl sites for hydroxylation is 1. The third-order valence-electron chi connectivity index (χ3n) is 4.95. The Hall–Kier alpha value is -1.40. The molecular weight excluding hydrogens is 280 g/mol. The van der Waals surface area contributed by atoms with Crippen molar-refractivity contribution < 1.29 is 9.53 Å². The van der Waals surface area contributed by atoms with Gasteiger partial charge in [0.15, 0.2) is 0 Å². The van der Waals surface area contributed by atoms with E-state index in [1.54, 1.807) is 6.20 Å². The number of carbonyl (C=O) groups excluding carboxylic acids is 1. The third-order valence-corrected chi connectivity index (χ3v) is 4.95. The van der Waals surface area contributed by atoms with Crippen LogP contribution in [0.2, 0.25) is 0 Å². The van der Waals surface area contributed by atoms with Gasteiger partial charge in [0.1, 0.15) is 5.82 Å². The van der Waals surface area contributed by atoms with Gasteiger partial charge in [0.2, 0.25) is 5.91 Å². The SMILES string of the molecule is Cn1ccnc1CNC(=O)C1CCN(C2CCOCC2)CC1. The van der Waals surface area contributed by atoms with Crippen molar-refractivity contribution in [1.29, 1.82) is 0 Å². The van der Waals surface area contributed by atoms with Crippen LogP contribution in [0.5, 0.6) is 0 Å². The lowest BCUT2D eigenvalue weighted by molar-refractivity contribution is -0.127. The monoisotopic (exact) mass is 306 g/mol. The maximum absolute atomic E-state index is 12.3. The molecule has 0 spiro atoms. The Morgan fingerprint density at radius 1 is 1.32 bits per heavy atom. The van der Waals surface area contributed by atoms with Crippen LogP contribution in [0, 0.1) is 5.92 Å². The van der Waals surface area contributed by atoms with Gasteiger partial charge in [-0.3, -0.25) is 4.79 Å². The highest BCUT2D eigenvalue weighted by Gasteiger charge is 2.29. The summed E-state index contributed by atoms with van der Waals surface area (Å²) in [6, 6.07) is 0.658. The molecule has 6 nitrogen and oxygen atoms in total. The number of ether oxygens (including phenoxy) is 1. The molecule has 2 aliphatic heterocycles. The summed E-state index contributed by atoms with van der Waals surface area (Å²) >= 11 is 0. The summed E-state index contributed by atoms with van der Waals surface area (Å²) in [7, 11) is 1.95. The molecule has 1 aromatic rings. The first-order chi connectivity index (χ1) is 10.7. The molecule has 0 unspecified atom stereocenters. The summed E-state index contributed by atoms with van der Waals surface area (Å²) in [6.45, 7) is 4.35. The summed E-state index contributed by atoms with van der Waals surface area (Å²) in [4.78, 5) is 19.1. The van der Waals surface area contributed by atoms with Crippen LogP contribution in [0.1, 0.15) is 31.5 Å². The Bertz CT molecular complexity index is 488. The molecule has 1 amide bonds. The summed E-state index contributed by atoms with van der Waals surface area (Å²) in [6.07, 6.45) is 7.85. The first-order valence-corrected chi connectivity index (χ1v) is 8.30. The minimum atomic E-state index is 0.149. The number of hydrogen-bond donors (Lipinski definition) is 1. The topological polar surface area (TPSA) is 59.4 Å². The molecule has 3 heterocycles. The van der Waals surface area contributed by atoms with Gasteiger partial charge in [0.25, 0.3) is 0 Å². The van der Waals surface area contributed by atoms with Crippen molar-refractivity contribution in [3.8, 4) is 0 Å². The van der Waals surface area contributed by atoms with Crippen LogP contribution < -0.4 is 5.32 Å². The number of nitrogens with zero attached hydrogens (tertiary/aromatic N) is 3. The normalized spacial score (nSPS) is 21.9. The molecule has 0 aromatic carbocycles. The third kappa shape index (κ3) is 3.67. The molecule has 0 saturated carbocycles. The van der Waals surface area contributed by atoms with Crippen molar-refractivity contribution in [2.75, 3.05) is 26.3 Å². The van der Waals surface area contributed by atoms with Crippen LogP contribution in [0.4, 0.5) is 0 Å². The van der Waals surface area contributed by atoms with Gasteiger partial charge in [-0.2, -0.15) is 0 Å².